The van der Waals surface area contributed by atoms with Gasteiger partial charge in [0.05, 0.1) is 16.6 Å². The highest BCUT2D eigenvalue weighted by Crippen LogP contribution is 2.26. The van der Waals surface area contributed by atoms with Gasteiger partial charge < -0.3 is 9.80 Å². The third-order valence-corrected chi connectivity index (χ3v) is 4.35. The molecule has 0 aromatic heterocycles. The van der Waals surface area contributed by atoms with E-state index in [2.05, 4.69) is 0 Å². The largest absolute Gasteiger partial charge is 0.363 e. The van der Waals surface area contributed by atoms with Crippen molar-refractivity contribution in [3.63, 3.8) is 0 Å². The molecule has 1 aliphatic rings. The second-order valence-electron chi connectivity index (χ2n) is 5.98. The summed E-state index contributed by atoms with van der Waals surface area (Å²) in [5, 5.41) is 19.4. The summed E-state index contributed by atoms with van der Waals surface area (Å²) >= 11 is 0. The lowest BCUT2D eigenvalue weighted by Gasteiger charge is -2.36. The van der Waals surface area contributed by atoms with E-state index in [-0.39, 0.29) is 49.0 Å². The van der Waals surface area contributed by atoms with Crippen LogP contribution in [0.5, 0.6) is 0 Å². The Labute approximate surface area is 153 Å². The monoisotopic (exact) mass is 372 g/mol. The summed E-state index contributed by atoms with van der Waals surface area (Å²) in [4.78, 5) is 25.6. The van der Waals surface area contributed by atoms with Crippen LogP contribution in [0.3, 0.4) is 0 Å². The van der Waals surface area contributed by atoms with Crippen LogP contribution in [0.25, 0.3) is 0 Å². The second-order valence-corrected chi connectivity index (χ2v) is 5.98. The average Bonchev–Trinajstić information content (AvgIpc) is 2.67. The van der Waals surface area contributed by atoms with Crippen LogP contribution >= 0.6 is 0 Å². The number of anilines is 1. The number of halogens is 2. The van der Waals surface area contributed by atoms with Gasteiger partial charge in [0.2, 0.25) is 0 Å². The van der Waals surface area contributed by atoms with Crippen LogP contribution in [0.4, 0.5) is 20.2 Å². The van der Waals surface area contributed by atoms with Crippen molar-refractivity contribution in [2.75, 3.05) is 31.1 Å². The first-order valence-electron chi connectivity index (χ1n) is 8.08. The van der Waals surface area contributed by atoms with Gasteiger partial charge in [-0.05, 0) is 24.3 Å². The molecule has 0 aliphatic carbocycles. The summed E-state index contributed by atoms with van der Waals surface area (Å²) in [6, 6.07) is 8.93. The summed E-state index contributed by atoms with van der Waals surface area (Å²) in [6.45, 7) is 0.931. The summed E-state index contributed by atoms with van der Waals surface area (Å²) < 4.78 is 28.3. The van der Waals surface area contributed by atoms with E-state index in [1.165, 1.54) is 34.1 Å². The molecule has 7 nitrogen and oxygen atoms in total. The van der Waals surface area contributed by atoms with E-state index in [4.69, 9.17) is 5.26 Å². The summed E-state index contributed by atoms with van der Waals surface area (Å²) in [5.41, 5.74) is -0.106. The zero-order chi connectivity index (χ0) is 19.6. The van der Waals surface area contributed by atoms with E-state index >= 15 is 0 Å². The molecule has 1 amide bonds. The number of piperazine rings is 1. The molecule has 138 valence electrons. The molecule has 2 aromatic carbocycles. The number of hydrogen-bond acceptors (Lipinski definition) is 5. The summed E-state index contributed by atoms with van der Waals surface area (Å²) in [6.07, 6.45) is 0. The third kappa shape index (κ3) is 3.69. The molecule has 0 atom stereocenters. The molecular weight excluding hydrogens is 358 g/mol. The van der Waals surface area contributed by atoms with Crippen LogP contribution in [0.2, 0.25) is 0 Å². The number of amides is 1. The van der Waals surface area contributed by atoms with Crippen LogP contribution in [0.15, 0.2) is 36.4 Å². The highest BCUT2D eigenvalue weighted by molar-refractivity contribution is 5.94. The molecule has 1 heterocycles. The van der Waals surface area contributed by atoms with Crippen molar-refractivity contribution in [1.29, 1.82) is 5.26 Å². The number of rotatable bonds is 3. The maximum atomic E-state index is 14.1. The molecule has 0 bridgehead atoms. The molecule has 0 radical (unpaired) electrons. The third-order valence-electron chi connectivity index (χ3n) is 4.35. The van der Waals surface area contributed by atoms with Crippen LogP contribution in [-0.4, -0.2) is 41.9 Å². The Balaban J connectivity index is 1.69. The van der Waals surface area contributed by atoms with Gasteiger partial charge in [0, 0.05) is 43.9 Å². The Kier molecular flexibility index (Phi) is 4.98. The normalized spacial score (nSPS) is 14.0. The minimum absolute atomic E-state index is 0.0965. The Hall–Kier alpha value is -3.54. The Morgan fingerprint density at radius 2 is 1.63 bits per heavy atom. The van der Waals surface area contributed by atoms with Crippen molar-refractivity contribution >= 4 is 17.3 Å². The number of hydrogen-bond donors (Lipinski definition) is 0. The lowest BCUT2D eigenvalue weighted by molar-refractivity contribution is -0.384. The van der Waals surface area contributed by atoms with Crippen molar-refractivity contribution in [3.8, 4) is 6.07 Å². The molecule has 3 rings (SSSR count). The molecule has 0 N–H and O–H groups in total. The molecule has 0 unspecified atom stereocenters. The van der Waals surface area contributed by atoms with E-state index in [9.17, 15) is 23.7 Å². The van der Waals surface area contributed by atoms with Gasteiger partial charge in [0.1, 0.15) is 5.69 Å². The van der Waals surface area contributed by atoms with Gasteiger partial charge in [-0.15, -0.1) is 0 Å². The first kappa shape index (κ1) is 18.3. The van der Waals surface area contributed by atoms with Crippen LogP contribution in [-0.2, 0) is 0 Å². The van der Waals surface area contributed by atoms with Gasteiger partial charge in [-0.1, -0.05) is 0 Å². The Bertz CT molecular complexity index is 910. The standard InChI is InChI=1S/C18H14F2N4O3/c19-15-9-12(11-21)10-16(20)17(15)22-5-7-23(8-6-22)18(25)13-1-3-14(4-2-13)24(26)27/h1-4,9-10H,5-8H2. The first-order valence-corrected chi connectivity index (χ1v) is 8.08. The highest BCUT2D eigenvalue weighted by Gasteiger charge is 2.26. The number of nitriles is 1. The van der Waals surface area contributed by atoms with E-state index < -0.39 is 16.6 Å². The smallest absolute Gasteiger partial charge is 0.269 e. The Morgan fingerprint density at radius 1 is 1.07 bits per heavy atom. The van der Waals surface area contributed by atoms with E-state index in [1.807, 2.05) is 0 Å². The molecule has 0 spiro atoms. The van der Waals surface area contributed by atoms with E-state index in [0.717, 1.165) is 12.1 Å². The number of carbonyl (C=O) groups excluding carboxylic acids is 1. The summed E-state index contributed by atoms with van der Waals surface area (Å²) in [7, 11) is 0. The van der Waals surface area contributed by atoms with Crippen LogP contribution in [0.1, 0.15) is 15.9 Å². The van der Waals surface area contributed by atoms with Crippen molar-refractivity contribution < 1.29 is 18.5 Å². The number of non-ortho nitro benzene ring substituents is 1. The minimum atomic E-state index is -0.818. The van der Waals surface area contributed by atoms with Gasteiger partial charge in [-0.2, -0.15) is 5.26 Å². The second kappa shape index (κ2) is 7.37. The van der Waals surface area contributed by atoms with Crippen molar-refractivity contribution in [3.05, 3.63) is 69.3 Å². The quantitative estimate of drug-likeness (QED) is 0.610. The molecule has 1 aliphatic heterocycles. The maximum Gasteiger partial charge on any atom is 0.269 e. The average molecular weight is 372 g/mol. The van der Waals surface area contributed by atoms with Crippen molar-refractivity contribution in [2.45, 2.75) is 0 Å². The van der Waals surface area contributed by atoms with Gasteiger partial charge in [-0.3, -0.25) is 14.9 Å². The number of nitrogens with zero attached hydrogens (tertiary/aromatic N) is 4. The highest BCUT2D eigenvalue weighted by atomic mass is 19.1. The van der Waals surface area contributed by atoms with E-state index in [0.29, 0.717) is 5.56 Å². The first-order chi connectivity index (χ1) is 12.9. The van der Waals surface area contributed by atoms with Crippen molar-refractivity contribution in [1.82, 2.24) is 4.90 Å². The van der Waals surface area contributed by atoms with Crippen LogP contribution in [0, 0.1) is 33.1 Å². The Morgan fingerprint density at radius 3 is 2.11 bits per heavy atom. The van der Waals surface area contributed by atoms with Crippen molar-refractivity contribution in [2.24, 2.45) is 0 Å². The molecular formula is C18H14F2N4O3. The summed E-state index contributed by atoms with van der Waals surface area (Å²) in [5.74, 6) is -1.94. The number of benzene rings is 2. The molecule has 9 heteroatoms. The maximum absolute atomic E-state index is 14.1. The fourth-order valence-electron chi connectivity index (χ4n) is 2.97. The predicted molar refractivity (Wildman–Crippen MR) is 92.3 cm³/mol. The number of nitro benzene ring substituents is 1. The lowest BCUT2D eigenvalue weighted by Crippen LogP contribution is -2.49. The number of carbonyl (C=O) groups is 1. The van der Waals surface area contributed by atoms with Gasteiger partial charge in [0.25, 0.3) is 11.6 Å². The molecule has 27 heavy (non-hydrogen) atoms. The molecule has 0 saturated carbocycles. The van der Waals surface area contributed by atoms with Gasteiger partial charge in [-0.25, -0.2) is 8.78 Å². The molecule has 1 saturated heterocycles. The SMILES string of the molecule is N#Cc1cc(F)c(N2CCN(C(=O)c3ccc([N+](=O)[O-])cc3)CC2)c(F)c1. The van der Waals surface area contributed by atoms with E-state index in [1.54, 1.807) is 6.07 Å². The number of nitro groups is 1. The fourth-order valence-corrected chi connectivity index (χ4v) is 2.97. The molecule has 2 aromatic rings. The lowest BCUT2D eigenvalue weighted by atomic mass is 10.1. The zero-order valence-electron chi connectivity index (χ0n) is 14.1. The van der Waals surface area contributed by atoms with Gasteiger partial charge >= 0.3 is 0 Å². The zero-order valence-corrected chi connectivity index (χ0v) is 14.1. The van der Waals surface area contributed by atoms with Crippen LogP contribution < -0.4 is 4.90 Å². The minimum Gasteiger partial charge on any atom is -0.363 e. The fraction of sp³-hybridized carbons (Fsp3) is 0.222. The van der Waals surface area contributed by atoms with Gasteiger partial charge in [0.15, 0.2) is 11.6 Å². The predicted octanol–water partition coefficient (Wildman–Crippen LogP) is 2.71. The topological polar surface area (TPSA) is 90.5 Å². The molecule has 1 fully saturated rings.